The number of aromatic nitrogens is 2. The Bertz CT molecular complexity index is 450. The lowest BCUT2D eigenvalue weighted by molar-refractivity contribution is 0.414. The van der Waals surface area contributed by atoms with E-state index in [4.69, 9.17) is 4.74 Å². The predicted molar refractivity (Wildman–Crippen MR) is 73.0 cm³/mol. The van der Waals surface area contributed by atoms with Crippen LogP contribution in [0.2, 0.25) is 0 Å². The third kappa shape index (κ3) is 3.52. The third-order valence-electron chi connectivity index (χ3n) is 2.94. The monoisotopic (exact) mass is 245 g/mol. The van der Waals surface area contributed by atoms with Gasteiger partial charge >= 0.3 is 0 Å². The van der Waals surface area contributed by atoms with E-state index in [1.807, 2.05) is 18.3 Å². The lowest BCUT2D eigenvalue weighted by atomic mass is 10.1. The van der Waals surface area contributed by atoms with Crippen molar-refractivity contribution < 1.29 is 4.74 Å². The maximum absolute atomic E-state index is 5.14. The number of hydrogen-bond acceptors (Lipinski definition) is 3. The van der Waals surface area contributed by atoms with Crippen molar-refractivity contribution in [2.45, 2.75) is 25.8 Å². The highest BCUT2D eigenvalue weighted by Gasteiger charge is 2.03. The van der Waals surface area contributed by atoms with Gasteiger partial charge in [-0.15, -0.1) is 0 Å². The van der Waals surface area contributed by atoms with Crippen LogP contribution in [-0.2, 0) is 6.42 Å². The van der Waals surface area contributed by atoms with Gasteiger partial charge in [-0.2, -0.15) is 5.10 Å². The van der Waals surface area contributed by atoms with Gasteiger partial charge in [0.15, 0.2) is 0 Å². The molecule has 18 heavy (non-hydrogen) atoms. The van der Waals surface area contributed by atoms with Crippen molar-refractivity contribution in [1.29, 1.82) is 0 Å². The lowest BCUT2D eigenvalue weighted by Gasteiger charge is -2.13. The second kappa shape index (κ2) is 6.10. The minimum atomic E-state index is 0.421. The Labute approximate surface area is 107 Å². The number of nitrogens with one attached hydrogen (secondary N) is 2. The van der Waals surface area contributed by atoms with Crippen LogP contribution in [0.5, 0.6) is 5.75 Å². The standard InChI is InChI=1S/C14H19N3O/c1-11(17-13-9-15-16-10-13)3-4-12-5-7-14(18-2)8-6-12/h5-11,17H,3-4H2,1-2H3,(H,15,16). The molecule has 2 N–H and O–H groups in total. The van der Waals surface area contributed by atoms with Crippen molar-refractivity contribution in [3.05, 3.63) is 42.2 Å². The summed E-state index contributed by atoms with van der Waals surface area (Å²) in [5, 5.41) is 10.1. The molecule has 4 nitrogen and oxygen atoms in total. The van der Waals surface area contributed by atoms with Crippen LogP contribution >= 0.6 is 0 Å². The van der Waals surface area contributed by atoms with E-state index in [1.165, 1.54) is 5.56 Å². The number of nitrogens with zero attached hydrogens (tertiary/aromatic N) is 1. The van der Waals surface area contributed by atoms with Crippen LogP contribution in [0.1, 0.15) is 18.9 Å². The molecule has 0 amide bonds. The highest BCUT2D eigenvalue weighted by molar-refractivity contribution is 5.38. The summed E-state index contributed by atoms with van der Waals surface area (Å²) >= 11 is 0. The Hall–Kier alpha value is -1.97. The van der Waals surface area contributed by atoms with Gasteiger partial charge < -0.3 is 10.1 Å². The van der Waals surface area contributed by atoms with E-state index in [2.05, 4.69) is 34.6 Å². The molecule has 0 saturated carbocycles. The largest absolute Gasteiger partial charge is 0.497 e. The molecule has 2 rings (SSSR count). The molecule has 1 unspecified atom stereocenters. The van der Waals surface area contributed by atoms with Crippen LogP contribution in [-0.4, -0.2) is 23.3 Å². The van der Waals surface area contributed by atoms with Gasteiger partial charge in [0, 0.05) is 12.2 Å². The number of anilines is 1. The number of aromatic amines is 1. The molecule has 96 valence electrons. The molecule has 1 heterocycles. The quantitative estimate of drug-likeness (QED) is 0.822. The fourth-order valence-corrected chi connectivity index (χ4v) is 1.86. The molecule has 0 radical (unpaired) electrons. The van der Waals surface area contributed by atoms with Gasteiger partial charge in [0.1, 0.15) is 5.75 Å². The van der Waals surface area contributed by atoms with Crippen molar-refractivity contribution in [3.8, 4) is 5.75 Å². The van der Waals surface area contributed by atoms with Crippen LogP contribution in [0.3, 0.4) is 0 Å². The summed E-state index contributed by atoms with van der Waals surface area (Å²) in [5.41, 5.74) is 2.37. The number of hydrogen-bond donors (Lipinski definition) is 2. The third-order valence-corrected chi connectivity index (χ3v) is 2.94. The smallest absolute Gasteiger partial charge is 0.118 e. The Balaban J connectivity index is 1.79. The van der Waals surface area contributed by atoms with E-state index in [0.717, 1.165) is 24.3 Å². The molecule has 0 aliphatic heterocycles. The lowest BCUT2D eigenvalue weighted by Crippen LogP contribution is -2.15. The van der Waals surface area contributed by atoms with Crippen molar-refractivity contribution in [3.63, 3.8) is 0 Å². The molecular formula is C14H19N3O. The van der Waals surface area contributed by atoms with Crippen LogP contribution in [0, 0.1) is 0 Å². The molecule has 4 heteroatoms. The van der Waals surface area contributed by atoms with Crippen molar-refractivity contribution >= 4 is 5.69 Å². The highest BCUT2D eigenvalue weighted by Crippen LogP contribution is 2.14. The van der Waals surface area contributed by atoms with E-state index in [9.17, 15) is 0 Å². The Morgan fingerprint density at radius 3 is 2.72 bits per heavy atom. The number of H-pyrrole nitrogens is 1. The van der Waals surface area contributed by atoms with E-state index < -0.39 is 0 Å². The maximum atomic E-state index is 5.14. The SMILES string of the molecule is COc1ccc(CCC(C)Nc2cn[nH]c2)cc1. The van der Waals surface area contributed by atoms with Gasteiger partial charge in [0.25, 0.3) is 0 Å². The van der Waals surface area contributed by atoms with Crippen molar-refractivity contribution in [2.75, 3.05) is 12.4 Å². The number of rotatable bonds is 6. The first kappa shape index (κ1) is 12.5. The van der Waals surface area contributed by atoms with Crippen LogP contribution in [0.15, 0.2) is 36.7 Å². The summed E-state index contributed by atoms with van der Waals surface area (Å²) < 4.78 is 5.14. The predicted octanol–water partition coefficient (Wildman–Crippen LogP) is 2.85. The van der Waals surface area contributed by atoms with E-state index in [0.29, 0.717) is 6.04 Å². The fourth-order valence-electron chi connectivity index (χ4n) is 1.86. The summed E-state index contributed by atoms with van der Waals surface area (Å²) in [6.07, 6.45) is 5.79. The van der Waals surface area contributed by atoms with E-state index in [1.54, 1.807) is 13.3 Å². The van der Waals surface area contributed by atoms with Gasteiger partial charge in [0.2, 0.25) is 0 Å². The normalized spacial score (nSPS) is 12.1. The molecule has 0 bridgehead atoms. The van der Waals surface area contributed by atoms with Crippen LogP contribution < -0.4 is 10.1 Å². The van der Waals surface area contributed by atoms with Gasteiger partial charge in [-0.25, -0.2) is 0 Å². The first-order valence-corrected chi connectivity index (χ1v) is 6.16. The zero-order valence-electron chi connectivity index (χ0n) is 10.8. The summed E-state index contributed by atoms with van der Waals surface area (Å²) in [6.45, 7) is 2.18. The van der Waals surface area contributed by atoms with Crippen LogP contribution in [0.4, 0.5) is 5.69 Å². The average molecular weight is 245 g/mol. The molecule has 0 aliphatic carbocycles. The second-order valence-electron chi connectivity index (χ2n) is 4.42. The molecule has 0 fully saturated rings. The molecular weight excluding hydrogens is 226 g/mol. The van der Waals surface area contributed by atoms with Gasteiger partial charge in [0.05, 0.1) is 19.0 Å². The molecule has 1 aromatic carbocycles. The minimum absolute atomic E-state index is 0.421. The zero-order valence-corrected chi connectivity index (χ0v) is 10.8. The van der Waals surface area contributed by atoms with Gasteiger partial charge in [-0.3, -0.25) is 5.10 Å². The fraction of sp³-hybridized carbons (Fsp3) is 0.357. The number of ether oxygens (including phenoxy) is 1. The molecule has 1 aromatic heterocycles. The van der Waals surface area contributed by atoms with Crippen molar-refractivity contribution in [2.24, 2.45) is 0 Å². The van der Waals surface area contributed by atoms with Gasteiger partial charge in [-0.05, 0) is 37.5 Å². The molecule has 0 saturated heterocycles. The highest BCUT2D eigenvalue weighted by atomic mass is 16.5. The number of methoxy groups -OCH3 is 1. The second-order valence-corrected chi connectivity index (χ2v) is 4.42. The maximum Gasteiger partial charge on any atom is 0.118 e. The summed E-state index contributed by atoms with van der Waals surface area (Å²) in [5.74, 6) is 0.906. The van der Waals surface area contributed by atoms with E-state index in [-0.39, 0.29) is 0 Å². The molecule has 2 aromatic rings. The zero-order chi connectivity index (χ0) is 12.8. The summed E-state index contributed by atoms with van der Waals surface area (Å²) in [7, 11) is 1.69. The Morgan fingerprint density at radius 2 is 2.11 bits per heavy atom. The summed E-state index contributed by atoms with van der Waals surface area (Å²) in [4.78, 5) is 0. The molecule has 0 spiro atoms. The topological polar surface area (TPSA) is 49.9 Å². The minimum Gasteiger partial charge on any atom is -0.497 e. The summed E-state index contributed by atoms with van der Waals surface area (Å²) in [6, 6.07) is 8.66. The Morgan fingerprint density at radius 1 is 1.33 bits per heavy atom. The first-order chi connectivity index (χ1) is 8.78. The van der Waals surface area contributed by atoms with Crippen LogP contribution in [0.25, 0.3) is 0 Å². The van der Waals surface area contributed by atoms with E-state index >= 15 is 0 Å². The molecule has 0 aliphatic rings. The Kier molecular flexibility index (Phi) is 4.23. The first-order valence-electron chi connectivity index (χ1n) is 6.16. The number of benzene rings is 1. The molecule has 1 atom stereocenters. The number of aryl methyl sites for hydroxylation is 1. The average Bonchev–Trinajstić information content (AvgIpc) is 2.90. The van der Waals surface area contributed by atoms with Crippen molar-refractivity contribution in [1.82, 2.24) is 10.2 Å². The van der Waals surface area contributed by atoms with Gasteiger partial charge in [-0.1, -0.05) is 12.1 Å².